The van der Waals surface area contributed by atoms with Crippen LogP contribution in [0.25, 0.3) is 11.2 Å². The minimum Gasteiger partial charge on any atom is -0.338 e. The van der Waals surface area contributed by atoms with E-state index in [1.807, 2.05) is 0 Å². The van der Waals surface area contributed by atoms with Crippen LogP contribution in [0.2, 0.25) is 0 Å². The highest BCUT2D eigenvalue weighted by molar-refractivity contribution is 7.92. The van der Waals surface area contributed by atoms with E-state index in [0.717, 1.165) is 4.57 Å². The summed E-state index contributed by atoms with van der Waals surface area (Å²) in [4.78, 5) is 42.1. The highest BCUT2D eigenvalue weighted by Gasteiger charge is 2.38. The van der Waals surface area contributed by atoms with Crippen molar-refractivity contribution in [1.82, 2.24) is 23.6 Å². The SMILES string of the molecule is CCS(=O)(=O)C1CN(C(=O)Cn2cnc3c2c(=O)n(C)c(=O)n3C)C1. The quantitative estimate of drug-likeness (QED) is 0.620. The number of rotatable bonds is 4. The van der Waals surface area contributed by atoms with Gasteiger partial charge in [-0.2, -0.15) is 0 Å². The molecule has 11 heteroatoms. The fourth-order valence-corrected chi connectivity index (χ4v) is 4.15. The Balaban J connectivity index is 1.85. The number of sulfone groups is 1. The number of hydrogen-bond acceptors (Lipinski definition) is 6. The van der Waals surface area contributed by atoms with E-state index in [1.165, 1.54) is 34.5 Å². The van der Waals surface area contributed by atoms with Gasteiger partial charge in [-0.05, 0) is 0 Å². The molecular weight excluding hydrogens is 350 g/mol. The van der Waals surface area contributed by atoms with E-state index in [0.29, 0.717) is 0 Å². The lowest BCUT2D eigenvalue weighted by molar-refractivity contribution is -0.134. The van der Waals surface area contributed by atoms with Gasteiger partial charge in [0.05, 0.1) is 11.6 Å². The van der Waals surface area contributed by atoms with Gasteiger partial charge in [-0.15, -0.1) is 0 Å². The first-order valence-electron chi connectivity index (χ1n) is 7.77. The number of nitrogens with zero attached hydrogens (tertiary/aromatic N) is 5. The summed E-state index contributed by atoms with van der Waals surface area (Å²) in [7, 11) is -0.293. The second-order valence-corrected chi connectivity index (χ2v) is 8.69. The Morgan fingerprint density at radius 2 is 1.88 bits per heavy atom. The summed E-state index contributed by atoms with van der Waals surface area (Å²) < 4.78 is 27.1. The van der Waals surface area contributed by atoms with E-state index in [1.54, 1.807) is 6.92 Å². The molecule has 0 atom stereocenters. The van der Waals surface area contributed by atoms with Gasteiger partial charge in [0.1, 0.15) is 6.54 Å². The van der Waals surface area contributed by atoms with Gasteiger partial charge in [0.25, 0.3) is 5.56 Å². The van der Waals surface area contributed by atoms with Crippen molar-refractivity contribution in [1.29, 1.82) is 0 Å². The zero-order valence-corrected chi connectivity index (χ0v) is 15.0. The van der Waals surface area contributed by atoms with Crippen molar-refractivity contribution in [2.45, 2.75) is 18.7 Å². The van der Waals surface area contributed by atoms with Crippen LogP contribution in [0.15, 0.2) is 15.9 Å². The van der Waals surface area contributed by atoms with E-state index in [9.17, 15) is 22.8 Å². The first-order chi connectivity index (χ1) is 11.7. The lowest BCUT2D eigenvalue weighted by atomic mass is 10.2. The smallest absolute Gasteiger partial charge is 0.332 e. The third kappa shape index (κ3) is 2.68. The van der Waals surface area contributed by atoms with Crippen molar-refractivity contribution in [3.63, 3.8) is 0 Å². The van der Waals surface area contributed by atoms with Crippen LogP contribution >= 0.6 is 0 Å². The lowest BCUT2D eigenvalue weighted by Crippen LogP contribution is -2.57. The summed E-state index contributed by atoms with van der Waals surface area (Å²) in [5.74, 6) is -0.242. The molecule has 25 heavy (non-hydrogen) atoms. The standard InChI is InChI=1S/C14H19N5O5S/c1-4-25(23,24)9-5-18(6-9)10(20)7-19-8-15-12-11(19)13(21)17(3)14(22)16(12)2/h8-9H,4-7H2,1-3H3. The Hall–Kier alpha value is -2.43. The highest BCUT2D eigenvalue weighted by Crippen LogP contribution is 2.18. The summed E-state index contributed by atoms with van der Waals surface area (Å²) >= 11 is 0. The molecule has 0 saturated carbocycles. The van der Waals surface area contributed by atoms with Crippen LogP contribution in [-0.4, -0.2) is 62.0 Å². The number of aromatic nitrogens is 4. The lowest BCUT2D eigenvalue weighted by Gasteiger charge is -2.38. The molecule has 0 bridgehead atoms. The molecule has 1 fully saturated rings. The number of fused-ring (bicyclic) bond motifs is 1. The van der Waals surface area contributed by atoms with Crippen LogP contribution in [0.1, 0.15) is 6.92 Å². The van der Waals surface area contributed by atoms with Crippen LogP contribution in [0.4, 0.5) is 0 Å². The fraction of sp³-hybridized carbons (Fsp3) is 0.571. The summed E-state index contributed by atoms with van der Waals surface area (Å²) in [6, 6.07) is 0. The Labute approximate surface area is 143 Å². The topological polar surface area (TPSA) is 116 Å². The summed E-state index contributed by atoms with van der Waals surface area (Å²) in [6.07, 6.45) is 1.34. The van der Waals surface area contributed by atoms with Gasteiger partial charge in [0, 0.05) is 32.9 Å². The number of carbonyl (C=O) groups excluding carboxylic acids is 1. The average molecular weight is 369 g/mol. The molecule has 1 aliphatic heterocycles. The molecule has 1 amide bonds. The number of imidazole rings is 1. The Bertz CT molecular complexity index is 1070. The van der Waals surface area contributed by atoms with Crippen LogP contribution in [0, 0.1) is 0 Å². The molecule has 0 aromatic carbocycles. The minimum absolute atomic E-state index is 0.0515. The molecule has 2 aromatic heterocycles. The average Bonchev–Trinajstić information content (AvgIpc) is 2.92. The van der Waals surface area contributed by atoms with Crippen molar-refractivity contribution in [2.75, 3.05) is 18.8 Å². The van der Waals surface area contributed by atoms with Crippen molar-refractivity contribution < 1.29 is 13.2 Å². The predicted molar refractivity (Wildman–Crippen MR) is 90.0 cm³/mol. The van der Waals surface area contributed by atoms with Crippen molar-refractivity contribution in [2.24, 2.45) is 14.1 Å². The molecule has 0 aliphatic carbocycles. The van der Waals surface area contributed by atoms with Crippen molar-refractivity contribution in [3.8, 4) is 0 Å². The summed E-state index contributed by atoms with van der Waals surface area (Å²) in [5, 5.41) is -0.519. The van der Waals surface area contributed by atoms with Gasteiger partial charge in [-0.1, -0.05) is 6.92 Å². The van der Waals surface area contributed by atoms with Gasteiger partial charge in [0.2, 0.25) is 5.91 Å². The first-order valence-corrected chi connectivity index (χ1v) is 9.49. The van der Waals surface area contributed by atoms with E-state index >= 15 is 0 Å². The predicted octanol–water partition coefficient (Wildman–Crippen LogP) is -1.92. The monoisotopic (exact) mass is 369 g/mol. The summed E-state index contributed by atoms with van der Waals surface area (Å²) in [6.45, 7) is 1.77. The second kappa shape index (κ2) is 5.83. The maximum atomic E-state index is 12.4. The van der Waals surface area contributed by atoms with Crippen LogP contribution < -0.4 is 11.2 Å². The largest absolute Gasteiger partial charge is 0.338 e. The number of likely N-dealkylation sites (tertiary alicyclic amines) is 1. The molecule has 0 N–H and O–H groups in total. The van der Waals surface area contributed by atoms with Crippen molar-refractivity contribution in [3.05, 3.63) is 27.2 Å². The Kier molecular flexibility index (Phi) is 4.06. The van der Waals surface area contributed by atoms with Gasteiger partial charge >= 0.3 is 5.69 Å². The summed E-state index contributed by atoms with van der Waals surface area (Å²) in [5.41, 5.74) is -0.657. The molecule has 0 unspecified atom stereocenters. The number of amides is 1. The molecule has 1 aliphatic rings. The van der Waals surface area contributed by atoms with Crippen LogP contribution in [0.5, 0.6) is 0 Å². The van der Waals surface area contributed by atoms with Gasteiger partial charge in [-0.3, -0.25) is 18.7 Å². The third-order valence-electron chi connectivity index (χ3n) is 4.63. The normalized spacial score (nSPS) is 15.6. The van der Waals surface area contributed by atoms with Gasteiger partial charge in [0.15, 0.2) is 21.0 Å². The van der Waals surface area contributed by atoms with Crippen LogP contribution in [-0.2, 0) is 35.3 Å². The molecule has 10 nitrogen and oxygen atoms in total. The molecule has 0 spiro atoms. The van der Waals surface area contributed by atoms with Crippen LogP contribution in [0.3, 0.4) is 0 Å². The number of aryl methyl sites for hydroxylation is 1. The van der Waals surface area contributed by atoms with Gasteiger partial charge in [-0.25, -0.2) is 18.2 Å². The third-order valence-corrected chi connectivity index (χ3v) is 6.75. The first kappa shape index (κ1) is 17.4. The van der Waals surface area contributed by atoms with E-state index in [4.69, 9.17) is 0 Å². The molecule has 2 aromatic rings. The maximum absolute atomic E-state index is 12.4. The molecule has 0 radical (unpaired) electrons. The zero-order valence-electron chi connectivity index (χ0n) is 14.2. The molecule has 3 rings (SSSR count). The fourth-order valence-electron chi connectivity index (χ4n) is 2.87. The van der Waals surface area contributed by atoms with E-state index in [-0.39, 0.29) is 42.5 Å². The zero-order chi connectivity index (χ0) is 18.5. The molecule has 1 saturated heterocycles. The maximum Gasteiger partial charge on any atom is 0.332 e. The van der Waals surface area contributed by atoms with Crippen molar-refractivity contribution >= 4 is 26.9 Å². The Morgan fingerprint density at radius 3 is 2.48 bits per heavy atom. The minimum atomic E-state index is -3.15. The number of carbonyl (C=O) groups is 1. The molecule has 3 heterocycles. The Morgan fingerprint density at radius 1 is 1.24 bits per heavy atom. The van der Waals surface area contributed by atoms with Gasteiger partial charge < -0.3 is 9.47 Å². The molecule has 136 valence electrons. The van der Waals surface area contributed by atoms with E-state index in [2.05, 4.69) is 4.98 Å². The molecular formula is C14H19N5O5S. The highest BCUT2D eigenvalue weighted by atomic mass is 32.2. The van der Waals surface area contributed by atoms with E-state index < -0.39 is 26.3 Å². The number of hydrogen-bond donors (Lipinski definition) is 0. The second-order valence-electron chi connectivity index (χ2n) is 6.12.